The fraction of sp³-hybridized carbons (Fsp3) is 0.636. The summed E-state index contributed by atoms with van der Waals surface area (Å²) >= 11 is 0. The van der Waals surface area contributed by atoms with E-state index in [4.69, 9.17) is 18.9 Å². The lowest BCUT2D eigenvalue weighted by molar-refractivity contribution is -0.194. The van der Waals surface area contributed by atoms with Crippen LogP contribution in [0.2, 0.25) is 0 Å². The number of fused-ring (bicyclic) bond motifs is 2. The number of ether oxygens (including phenoxy) is 4. The van der Waals surface area contributed by atoms with Crippen molar-refractivity contribution in [1.82, 2.24) is 0 Å². The second-order valence-corrected chi connectivity index (χ2v) is 7.82. The lowest BCUT2D eigenvalue weighted by Crippen LogP contribution is -2.32. The van der Waals surface area contributed by atoms with Crippen LogP contribution in [0.4, 0.5) is 0 Å². The number of hydrogen-bond acceptors (Lipinski definition) is 6. The quantitative estimate of drug-likeness (QED) is 0.569. The largest absolute Gasteiger partial charge is 0.490 e. The predicted molar refractivity (Wildman–Crippen MR) is 101 cm³/mol. The van der Waals surface area contributed by atoms with Crippen LogP contribution in [-0.2, 0) is 25.4 Å². The fourth-order valence-corrected chi connectivity index (χ4v) is 4.64. The molecular formula is C22H28O6. The first-order chi connectivity index (χ1) is 13.7. The Balaban J connectivity index is 1.50. The van der Waals surface area contributed by atoms with Gasteiger partial charge in [-0.05, 0) is 56.7 Å². The molecule has 1 aromatic carbocycles. The first-order valence-electron chi connectivity index (χ1n) is 10.4. The molecular weight excluding hydrogens is 360 g/mol. The van der Waals surface area contributed by atoms with Gasteiger partial charge in [-0.25, -0.2) is 4.79 Å². The minimum Gasteiger partial charge on any atom is -0.490 e. The van der Waals surface area contributed by atoms with Crippen molar-refractivity contribution in [2.75, 3.05) is 13.2 Å². The summed E-state index contributed by atoms with van der Waals surface area (Å²) in [6, 6.07) is 5.48. The van der Waals surface area contributed by atoms with E-state index in [1.807, 2.05) is 6.07 Å². The van der Waals surface area contributed by atoms with Gasteiger partial charge in [0.1, 0.15) is 18.1 Å². The van der Waals surface area contributed by atoms with Gasteiger partial charge in [0, 0.05) is 24.9 Å². The maximum atomic E-state index is 12.1. The van der Waals surface area contributed by atoms with Gasteiger partial charge < -0.3 is 23.7 Å². The van der Waals surface area contributed by atoms with E-state index in [1.165, 1.54) is 0 Å². The van der Waals surface area contributed by atoms with E-state index in [1.54, 1.807) is 19.1 Å². The van der Waals surface area contributed by atoms with Crippen LogP contribution in [0.25, 0.3) is 0 Å². The molecule has 152 valence electrons. The first kappa shape index (κ1) is 19.4. The molecule has 6 nitrogen and oxygen atoms in total. The van der Waals surface area contributed by atoms with Crippen LogP contribution >= 0.6 is 0 Å². The van der Waals surface area contributed by atoms with Crippen LogP contribution in [-0.4, -0.2) is 44.0 Å². The molecule has 0 amide bonds. The van der Waals surface area contributed by atoms with Gasteiger partial charge in [0.25, 0.3) is 0 Å². The third kappa shape index (κ3) is 3.94. The Morgan fingerprint density at radius 1 is 1.29 bits per heavy atom. The van der Waals surface area contributed by atoms with E-state index in [9.17, 15) is 9.59 Å². The molecule has 0 bridgehead atoms. The standard InChI is InChI=1S/C22H28O6/c1-2-25-22(24)15-7-6-14-8-9-16-17(13-23)20(12-19(16)27-18(14)11-15)28-21-5-3-4-10-26-21/h6-7,11,13,16-17,19-21H,2-5,8-10,12H2,1H3/t16-,17-,19+,20-,21?/m1/s1. The number of hydrogen-bond donors (Lipinski definition) is 0. The summed E-state index contributed by atoms with van der Waals surface area (Å²) in [5, 5.41) is 0. The summed E-state index contributed by atoms with van der Waals surface area (Å²) in [6.45, 7) is 2.85. The average Bonchev–Trinajstić information content (AvgIpc) is 2.92. The number of carbonyl (C=O) groups is 2. The summed E-state index contributed by atoms with van der Waals surface area (Å²) in [6.07, 6.45) is 5.93. The van der Waals surface area contributed by atoms with Crippen LogP contribution in [0.15, 0.2) is 18.2 Å². The van der Waals surface area contributed by atoms with Gasteiger partial charge in [-0.3, -0.25) is 0 Å². The van der Waals surface area contributed by atoms with Gasteiger partial charge in [0.15, 0.2) is 6.29 Å². The van der Waals surface area contributed by atoms with Crippen molar-refractivity contribution in [2.45, 2.75) is 63.9 Å². The zero-order valence-corrected chi connectivity index (χ0v) is 16.3. The lowest BCUT2D eigenvalue weighted by Gasteiger charge is -2.28. The number of carbonyl (C=O) groups excluding carboxylic acids is 2. The zero-order chi connectivity index (χ0) is 19.5. The van der Waals surface area contributed by atoms with Gasteiger partial charge in [-0.1, -0.05) is 6.07 Å². The minimum atomic E-state index is -0.345. The molecule has 2 aliphatic heterocycles. The van der Waals surface area contributed by atoms with E-state index in [0.717, 1.165) is 56.3 Å². The van der Waals surface area contributed by atoms with E-state index < -0.39 is 0 Å². The molecule has 1 aromatic rings. The van der Waals surface area contributed by atoms with E-state index in [-0.39, 0.29) is 36.3 Å². The molecule has 0 radical (unpaired) electrons. The molecule has 28 heavy (non-hydrogen) atoms. The highest BCUT2D eigenvalue weighted by Gasteiger charge is 2.47. The normalized spacial score (nSPS) is 31.8. The number of rotatable bonds is 5. The molecule has 1 aliphatic carbocycles. The number of benzene rings is 1. The molecule has 2 fully saturated rings. The molecule has 0 spiro atoms. The zero-order valence-electron chi connectivity index (χ0n) is 16.3. The molecule has 1 saturated heterocycles. The number of aldehydes is 1. The molecule has 1 unspecified atom stereocenters. The summed E-state index contributed by atoms with van der Waals surface area (Å²) in [4.78, 5) is 23.9. The van der Waals surface area contributed by atoms with E-state index >= 15 is 0 Å². The van der Waals surface area contributed by atoms with Gasteiger partial charge in [0.05, 0.1) is 18.3 Å². The molecule has 5 atom stereocenters. The molecule has 6 heteroatoms. The fourth-order valence-electron chi connectivity index (χ4n) is 4.64. The Hall–Kier alpha value is -1.92. The van der Waals surface area contributed by atoms with Crippen LogP contribution in [0.5, 0.6) is 5.75 Å². The highest BCUT2D eigenvalue weighted by atomic mass is 16.7. The molecule has 0 aromatic heterocycles. The Bertz CT molecular complexity index is 711. The van der Waals surface area contributed by atoms with Crippen molar-refractivity contribution in [3.05, 3.63) is 29.3 Å². The molecule has 2 heterocycles. The monoisotopic (exact) mass is 388 g/mol. The lowest BCUT2D eigenvalue weighted by atomic mass is 9.89. The predicted octanol–water partition coefficient (Wildman–Crippen LogP) is 3.30. The van der Waals surface area contributed by atoms with Crippen LogP contribution in [0, 0.1) is 11.8 Å². The maximum Gasteiger partial charge on any atom is 0.338 e. The van der Waals surface area contributed by atoms with Gasteiger partial charge in [-0.15, -0.1) is 0 Å². The second kappa shape index (κ2) is 8.62. The van der Waals surface area contributed by atoms with Crippen molar-refractivity contribution >= 4 is 12.3 Å². The highest BCUT2D eigenvalue weighted by Crippen LogP contribution is 2.43. The Kier molecular flexibility index (Phi) is 5.97. The highest BCUT2D eigenvalue weighted by molar-refractivity contribution is 5.90. The smallest absolute Gasteiger partial charge is 0.338 e. The number of esters is 1. The van der Waals surface area contributed by atoms with Gasteiger partial charge in [0.2, 0.25) is 0 Å². The van der Waals surface area contributed by atoms with Crippen molar-refractivity contribution in [1.29, 1.82) is 0 Å². The molecule has 1 saturated carbocycles. The van der Waals surface area contributed by atoms with Gasteiger partial charge >= 0.3 is 5.97 Å². The SMILES string of the molecule is CCOC(=O)c1ccc2c(c1)O[C@H]1C[C@@H](OC3CCCCO3)[C@H](C=O)[C@H]1CC2. The van der Waals surface area contributed by atoms with Crippen LogP contribution < -0.4 is 4.74 Å². The Morgan fingerprint density at radius 3 is 2.93 bits per heavy atom. The van der Waals surface area contributed by atoms with Crippen molar-refractivity contribution in [3.63, 3.8) is 0 Å². The first-order valence-corrected chi connectivity index (χ1v) is 10.4. The van der Waals surface area contributed by atoms with Gasteiger partial charge in [-0.2, -0.15) is 0 Å². The van der Waals surface area contributed by atoms with Crippen LogP contribution in [0.1, 0.15) is 54.9 Å². The minimum absolute atomic E-state index is 0.0949. The number of aryl methyl sites for hydroxylation is 1. The van der Waals surface area contributed by atoms with E-state index in [0.29, 0.717) is 18.6 Å². The topological polar surface area (TPSA) is 71.1 Å². The summed E-state index contributed by atoms with van der Waals surface area (Å²) in [5.41, 5.74) is 1.56. The molecule has 0 N–H and O–H groups in total. The summed E-state index contributed by atoms with van der Waals surface area (Å²) in [7, 11) is 0. The Morgan fingerprint density at radius 2 is 2.18 bits per heavy atom. The summed E-state index contributed by atoms with van der Waals surface area (Å²) < 4.78 is 23.3. The van der Waals surface area contributed by atoms with Crippen molar-refractivity contribution in [3.8, 4) is 5.75 Å². The third-order valence-electron chi connectivity index (χ3n) is 6.09. The Labute approximate surface area is 165 Å². The molecule has 3 aliphatic rings. The van der Waals surface area contributed by atoms with Crippen LogP contribution in [0.3, 0.4) is 0 Å². The second-order valence-electron chi connectivity index (χ2n) is 7.82. The van der Waals surface area contributed by atoms with Crippen molar-refractivity contribution < 1.29 is 28.5 Å². The molecule has 4 rings (SSSR count). The van der Waals surface area contributed by atoms with Crippen molar-refractivity contribution in [2.24, 2.45) is 11.8 Å². The average molecular weight is 388 g/mol. The third-order valence-corrected chi connectivity index (χ3v) is 6.09. The maximum absolute atomic E-state index is 12.1. The van der Waals surface area contributed by atoms with E-state index in [2.05, 4.69) is 0 Å². The summed E-state index contributed by atoms with van der Waals surface area (Å²) in [5.74, 6) is 0.304.